The molecule has 4 rings (SSSR count). The standard InChI is InChI=1S/C25H27NO5/c1-17-7-8-20-19(13-24(30)31-21(20)11-17)12-23(29)26-10-9-22(28)25(15-26,16-27)14-18-5-3-2-4-6-18/h2-8,11,13,22,27-28H,9-10,12,14-16H2,1H3/t22-,25+/m1/s1. The van der Waals surface area contributed by atoms with Crippen molar-refractivity contribution in [2.45, 2.75) is 32.3 Å². The summed E-state index contributed by atoms with van der Waals surface area (Å²) in [7, 11) is 0. The van der Waals surface area contributed by atoms with Gasteiger partial charge in [-0.1, -0.05) is 42.5 Å². The third-order valence-electron chi connectivity index (χ3n) is 6.28. The van der Waals surface area contributed by atoms with Crippen LogP contribution >= 0.6 is 0 Å². The molecule has 1 amide bonds. The minimum atomic E-state index is -0.815. The Morgan fingerprint density at radius 1 is 1.19 bits per heavy atom. The molecule has 2 N–H and O–H groups in total. The highest BCUT2D eigenvalue weighted by atomic mass is 16.4. The van der Waals surface area contributed by atoms with Gasteiger partial charge in [-0.15, -0.1) is 0 Å². The summed E-state index contributed by atoms with van der Waals surface area (Å²) < 4.78 is 5.29. The van der Waals surface area contributed by atoms with Crippen molar-refractivity contribution in [1.29, 1.82) is 0 Å². The van der Waals surface area contributed by atoms with Gasteiger partial charge in [-0.05, 0) is 42.5 Å². The smallest absolute Gasteiger partial charge is 0.336 e. The van der Waals surface area contributed by atoms with E-state index in [1.54, 1.807) is 11.0 Å². The first-order valence-electron chi connectivity index (χ1n) is 10.5. The Hall–Kier alpha value is -2.96. The summed E-state index contributed by atoms with van der Waals surface area (Å²) in [5.74, 6) is -0.134. The van der Waals surface area contributed by atoms with Crippen molar-refractivity contribution in [1.82, 2.24) is 4.90 Å². The maximum absolute atomic E-state index is 13.2. The first-order chi connectivity index (χ1) is 14.9. The van der Waals surface area contributed by atoms with Gasteiger partial charge in [0.1, 0.15) is 5.58 Å². The van der Waals surface area contributed by atoms with Crippen LogP contribution in [0.25, 0.3) is 11.0 Å². The highest BCUT2D eigenvalue weighted by Gasteiger charge is 2.43. The van der Waals surface area contributed by atoms with E-state index in [2.05, 4.69) is 0 Å². The Labute approximate surface area is 180 Å². The van der Waals surface area contributed by atoms with Crippen LogP contribution in [0.2, 0.25) is 0 Å². The topological polar surface area (TPSA) is 91.0 Å². The van der Waals surface area contributed by atoms with Gasteiger partial charge in [0.2, 0.25) is 5.91 Å². The first-order valence-corrected chi connectivity index (χ1v) is 10.5. The van der Waals surface area contributed by atoms with Crippen LogP contribution < -0.4 is 5.63 Å². The van der Waals surface area contributed by atoms with Gasteiger partial charge >= 0.3 is 5.63 Å². The second-order valence-corrected chi connectivity index (χ2v) is 8.57. The van der Waals surface area contributed by atoms with Gasteiger partial charge in [0, 0.05) is 30.0 Å². The number of amides is 1. The maximum atomic E-state index is 13.2. The summed E-state index contributed by atoms with van der Waals surface area (Å²) >= 11 is 0. The quantitative estimate of drug-likeness (QED) is 0.618. The zero-order valence-electron chi connectivity index (χ0n) is 17.6. The van der Waals surface area contributed by atoms with E-state index >= 15 is 0 Å². The Kier molecular flexibility index (Phi) is 5.94. The van der Waals surface area contributed by atoms with E-state index in [0.717, 1.165) is 16.5 Å². The second-order valence-electron chi connectivity index (χ2n) is 8.57. The number of carbonyl (C=O) groups is 1. The molecule has 2 heterocycles. The Bertz CT molecular complexity index is 1140. The fourth-order valence-electron chi connectivity index (χ4n) is 4.51. The molecule has 1 saturated heterocycles. The van der Waals surface area contributed by atoms with Gasteiger partial charge in [0.25, 0.3) is 0 Å². The molecule has 31 heavy (non-hydrogen) atoms. The molecule has 0 spiro atoms. The molecule has 0 unspecified atom stereocenters. The Morgan fingerprint density at radius 2 is 1.97 bits per heavy atom. The van der Waals surface area contributed by atoms with Gasteiger partial charge in [0.15, 0.2) is 0 Å². The molecule has 0 saturated carbocycles. The molecule has 2 aromatic carbocycles. The molecule has 0 bridgehead atoms. The second kappa shape index (κ2) is 8.65. The van der Waals surface area contributed by atoms with E-state index in [9.17, 15) is 19.8 Å². The zero-order chi connectivity index (χ0) is 22.0. The van der Waals surface area contributed by atoms with Crippen LogP contribution in [-0.2, 0) is 17.6 Å². The molecule has 6 heteroatoms. The minimum absolute atomic E-state index is 0.0636. The lowest BCUT2D eigenvalue weighted by Gasteiger charge is -2.45. The number of aryl methyl sites for hydroxylation is 1. The molecule has 1 fully saturated rings. The summed E-state index contributed by atoms with van der Waals surface area (Å²) in [4.78, 5) is 26.9. The van der Waals surface area contributed by atoms with Crippen LogP contribution in [0.4, 0.5) is 0 Å². The lowest BCUT2D eigenvalue weighted by Crippen LogP contribution is -2.56. The predicted molar refractivity (Wildman–Crippen MR) is 118 cm³/mol. The van der Waals surface area contributed by atoms with E-state index in [0.29, 0.717) is 30.5 Å². The van der Waals surface area contributed by atoms with E-state index in [1.165, 1.54) is 6.07 Å². The molecule has 1 aliphatic heterocycles. The van der Waals surface area contributed by atoms with Crippen molar-refractivity contribution in [3.8, 4) is 0 Å². The van der Waals surface area contributed by atoms with E-state index in [4.69, 9.17) is 4.42 Å². The maximum Gasteiger partial charge on any atom is 0.336 e. The summed E-state index contributed by atoms with van der Waals surface area (Å²) in [5, 5.41) is 21.7. The van der Waals surface area contributed by atoms with Gasteiger partial charge in [-0.2, -0.15) is 0 Å². The van der Waals surface area contributed by atoms with Gasteiger partial charge in [-0.3, -0.25) is 4.79 Å². The number of aliphatic hydroxyl groups excluding tert-OH is 2. The summed E-state index contributed by atoms with van der Waals surface area (Å²) in [5.41, 5.74) is 1.77. The average Bonchev–Trinajstić information content (AvgIpc) is 2.75. The molecule has 1 aliphatic rings. The SMILES string of the molecule is Cc1ccc2c(CC(=O)N3CC[C@@H](O)[C@@](CO)(Cc4ccccc4)C3)cc(=O)oc2c1. The van der Waals surface area contributed by atoms with Crippen molar-refractivity contribution in [3.05, 3.63) is 81.7 Å². The van der Waals surface area contributed by atoms with Crippen molar-refractivity contribution >= 4 is 16.9 Å². The van der Waals surface area contributed by atoms with E-state index in [1.807, 2.05) is 49.4 Å². The molecule has 0 aliphatic carbocycles. The zero-order valence-corrected chi connectivity index (χ0v) is 17.6. The fourth-order valence-corrected chi connectivity index (χ4v) is 4.51. The van der Waals surface area contributed by atoms with Crippen LogP contribution in [0.3, 0.4) is 0 Å². The van der Waals surface area contributed by atoms with Crippen molar-refractivity contribution in [3.63, 3.8) is 0 Å². The molecular formula is C25H27NO5. The largest absolute Gasteiger partial charge is 0.423 e. The normalized spacial score (nSPS) is 21.4. The third-order valence-corrected chi connectivity index (χ3v) is 6.28. The lowest BCUT2D eigenvalue weighted by atomic mass is 9.73. The Balaban J connectivity index is 1.58. The molecule has 1 aromatic heterocycles. The number of hydrogen-bond acceptors (Lipinski definition) is 5. The van der Waals surface area contributed by atoms with Crippen molar-refractivity contribution in [2.75, 3.05) is 19.7 Å². The number of fused-ring (bicyclic) bond motifs is 1. The molecule has 6 nitrogen and oxygen atoms in total. The number of piperidine rings is 1. The van der Waals surface area contributed by atoms with E-state index < -0.39 is 17.1 Å². The summed E-state index contributed by atoms with van der Waals surface area (Å²) in [6.07, 6.45) is 0.241. The van der Waals surface area contributed by atoms with Crippen LogP contribution in [0.5, 0.6) is 0 Å². The number of hydrogen-bond donors (Lipinski definition) is 2. The summed E-state index contributed by atoms with van der Waals surface area (Å²) in [6.45, 7) is 2.37. The highest BCUT2D eigenvalue weighted by molar-refractivity contribution is 5.87. The highest BCUT2D eigenvalue weighted by Crippen LogP contribution is 2.34. The van der Waals surface area contributed by atoms with Crippen LogP contribution in [0.15, 0.2) is 63.8 Å². The van der Waals surface area contributed by atoms with E-state index in [-0.39, 0.29) is 25.5 Å². The molecule has 3 aromatic rings. The predicted octanol–water partition coefficient (Wildman–Crippen LogP) is 2.46. The fraction of sp³-hybridized carbons (Fsp3) is 0.360. The Morgan fingerprint density at radius 3 is 2.71 bits per heavy atom. The average molecular weight is 421 g/mol. The number of carbonyl (C=O) groups excluding carboxylic acids is 1. The van der Waals surface area contributed by atoms with Crippen LogP contribution in [0, 0.1) is 12.3 Å². The van der Waals surface area contributed by atoms with Crippen LogP contribution in [0.1, 0.15) is 23.1 Å². The van der Waals surface area contributed by atoms with Crippen molar-refractivity contribution in [2.24, 2.45) is 5.41 Å². The number of benzene rings is 2. The lowest BCUT2D eigenvalue weighted by molar-refractivity contribution is -0.141. The molecule has 0 radical (unpaired) electrons. The van der Waals surface area contributed by atoms with Crippen LogP contribution in [-0.4, -0.2) is 46.8 Å². The number of rotatable bonds is 5. The van der Waals surface area contributed by atoms with Crippen molar-refractivity contribution < 1.29 is 19.4 Å². The minimum Gasteiger partial charge on any atom is -0.423 e. The third kappa shape index (κ3) is 4.40. The first kappa shape index (κ1) is 21.3. The molecular weight excluding hydrogens is 394 g/mol. The van der Waals surface area contributed by atoms with Gasteiger partial charge in [-0.25, -0.2) is 4.79 Å². The number of likely N-dealkylation sites (tertiary alicyclic amines) is 1. The number of nitrogens with zero attached hydrogens (tertiary/aromatic N) is 1. The molecule has 2 atom stereocenters. The molecule has 162 valence electrons. The van der Waals surface area contributed by atoms with Gasteiger partial charge < -0.3 is 19.5 Å². The monoisotopic (exact) mass is 421 g/mol. The number of aliphatic hydroxyl groups is 2. The van der Waals surface area contributed by atoms with Gasteiger partial charge in [0.05, 0.1) is 19.1 Å². The summed E-state index contributed by atoms with van der Waals surface area (Å²) in [6, 6.07) is 16.6.